The van der Waals surface area contributed by atoms with Crippen LogP contribution in [-0.2, 0) is 0 Å². The maximum Gasteiger partial charge on any atom is 0.230 e. The molecule has 0 aliphatic carbocycles. The first kappa shape index (κ1) is 14.1. The number of nitrogen functional groups attached to an aromatic ring is 1. The summed E-state index contributed by atoms with van der Waals surface area (Å²) in [5.41, 5.74) is 8.08. The molecule has 0 aliphatic rings. The second-order valence-electron chi connectivity index (χ2n) is 4.40. The van der Waals surface area contributed by atoms with Crippen LogP contribution in [0.1, 0.15) is 0 Å². The number of nitrogens with two attached hydrogens (primary N) is 1. The SMILES string of the molecule is Nc1onc(-c2cc(Br)ccc2Cl)c1-c1cccc(F)c1. The summed E-state index contributed by atoms with van der Waals surface area (Å²) in [6.07, 6.45) is 0. The van der Waals surface area contributed by atoms with Crippen molar-refractivity contribution in [1.82, 2.24) is 5.16 Å². The van der Waals surface area contributed by atoms with Crippen molar-refractivity contribution in [1.29, 1.82) is 0 Å². The van der Waals surface area contributed by atoms with Crippen LogP contribution < -0.4 is 5.73 Å². The molecule has 0 radical (unpaired) electrons. The second-order valence-corrected chi connectivity index (χ2v) is 5.73. The zero-order valence-electron chi connectivity index (χ0n) is 10.6. The quantitative estimate of drug-likeness (QED) is 0.682. The number of halogens is 3. The number of hydrogen-bond acceptors (Lipinski definition) is 3. The molecule has 0 bridgehead atoms. The third-order valence-corrected chi connectivity index (χ3v) is 3.84. The zero-order chi connectivity index (χ0) is 15.0. The number of anilines is 1. The van der Waals surface area contributed by atoms with E-state index < -0.39 is 0 Å². The highest BCUT2D eigenvalue weighted by Crippen LogP contribution is 2.39. The summed E-state index contributed by atoms with van der Waals surface area (Å²) >= 11 is 9.60. The van der Waals surface area contributed by atoms with E-state index in [1.54, 1.807) is 18.2 Å². The van der Waals surface area contributed by atoms with Crippen LogP contribution in [0, 0.1) is 5.82 Å². The fraction of sp³-hybridized carbons (Fsp3) is 0. The standard InChI is InChI=1S/C15H9BrClFN2O/c16-9-4-5-12(17)11(7-9)14-13(15(19)21-20-14)8-2-1-3-10(18)6-8/h1-7H,19H2. The molecule has 3 nitrogen and oxygen atoms in total. The van der Waals surface area contributed by atoms with Gasteiger partial charge < -0.3 is 10.3 Å². The Balaban J connectivity index is 2.24. The van der Waals surface area contributed by atoms with Crippen molar-refractivity contribution in [3.8, 4) is 22.4 Å². The van der Waals surface area contributed by atoms with E-state index >= 15 is 0 Å². The molecule has 0 fully saturated rings. The van der Waals surface area contributed by atoms with Gasteiger partial charge in [0.1, 0.15) is 11.5 Å². The van der Waals surface area contributed by atoms with E-state index in [0.717, 1.165) is 4.47 Å². The van der Waals surface area contributed by atoms with E-state index in [2.05, 4.69) is 21.1 Å². The Bertz CT molecular complexity index is 819. The largest absolute Gasteiger partial charge is 0.367 e. The van der Waals surface area contributed by atoms with Gasteiger partial charge >= 0.3 is 0 Å². The van der Waals surface area contributed by atoms with Crippen LogP contribution >= 0.6 is 27.5 Å². The molecule has 0 unspecified atom stereocenters. The average molecular weight is 368 g/mol. The zero-order valence-corrected chi connectivity index (χ0v) is 13.0. The van der Waals surface area contributed by atoms with E-state index in [1.165, 1.54) is 12.1 Å². The molecule has 0 amide bonds. The van der Waals surface area contributed by atoms with E-state index in [0.29, 0.717) is 27.4 Å². The van der Waals surface area contributed by atoms with Crippen molar-refractivity contribution < 1.29 is 8.91 Å². The summed E-state index contributed by atoms with van der Waals surface area (Å²) in [5.74, 6) is -0.244. The Morgan fingerprint density at radius 1 is 1.19 bits per heavy atom. The summed E-state index contributed by atoms with van der Waals surface area (Å²) in [6.45, 7) is 0. The molecule has 0 aliphatic heterocycles. The Kier molecular flexibility index (Phi) is 3.69. The lowest BCUT2D eigenvalue weighted by Crippen LogP contribution is -1.89. The monoisotopic (exact) mass is 366 g/mol. The van der Waals surface area contributed by atoms with Crippen molar-refractivity contribution in [2.45, 2.75) is 0 Å². The number of hydrogen-bond donors (Lipinski definition) is 1. The summed E-state index contributed by atoms with van der Waals surface area (Å²) in [7, 11) is 0. The molecular weight excluding hydrogens is 359 g/mol. The van der Waals surface area contributed by atoms with Gasteiger partial charge in [-0.3, -0.25) is 0 Å². The van der Waals surface area contributed by atoms with E-state index in [9.17, 15) is 4.39 Å². The minimum Gasteiger partial charge on any atom is -0.367 e. The lowest BCUT2D eigenvalue weighted by molar-refractivity contribution is 0.439. The normalized spacial score (nSPS) is 10.8. The number of aromatic nitrogens is 1. The Hall–Kier alpha value is -1.85. The molecule has 2 aromatic carbocycles. The van der Waals surface area contributed by atoms with Gasteiger partial charge in [0.2, 0.25) is 5.88 Å². The predicted molar refractivity (Wildman–Crippen MR) is 84.5 cm³/mol. The molecular formula is C15H9BrClFN2O. The molecule has 0 saturated carbocycles. The van der Waals surface area contributed by atoms with Crippen LogP contribution in [0.15, 0.2) is 51.5 Å². The van der Waals surface area contributed by atoms with E-state index in [1.807, 2.05) is 12.1 Å². The highest BCUT2D eigenvalue weighted by Gasteiger charge is 2.20. The fourth-order valence-corrected chi connectivity index (χ4v) is 2.66. The second kappa shape index (κ2) is 5.50. The van der Waals surface area contributed by atoms with Gasteiger partial charge in [0, 0.05) is 10.0 Å². The molecule has 0 atom stereocenters. The molecule has 1 heterocycles. The van der Waals surface area contributed by atoms with Crippen molar-refractivity contribution in [2.24, 2.45) is 0 Å². The molecule has 106 valence electrons. The van der Waals surface area contributed by atoms with Gasteiger partial charge in [-0.15, -0.1) is 0 Å². The molecule has 2 N–H and O–H groups in total. The van der Waals surface area contributed by atoms with Crippen LogP contribution in [-0.4, -0.2) is 5.16 Å². The van der Waals surface area contributed by atoms with Gasteiger partial charge in [-0.2, -0.15) is 0 Å². The molecule has 1 aromatic heterocycles. The first-order chi connectivity index (χ1) is 10.1. The third kappa shape index (κ3) is 2.66. The maximum atomic E-state index is 13.4. The molecule has 0 saturated heterocycles. The predicted octanol–water partition coefficient (Wildman–Crippen LogP) is 5.15. The highest BCUT2D eigenvalue weighted by atomic mass is 79.9. The number of benzene rings is 2. The average Bonchev–Trinajstić information content (AvgIpc) is 2.83. The van der Waals surface area contributed by atoms with Gasteiger partial charge in [0.25, 0.3) is 0 Å². The minimum atomic E-state index is -0.362. The van der Waals surface area contributed by atoms with Gasteiger partial charge in [0.15, 0.2) is 0 Å². The molecule has 0 spiro atoms. The molecule has 21 heavy (non-hydrogen) atoms. The van der Waals surface area contributed by atoms with Gasteiger partial charge in [0.05, 0.1) is 10.6 Å². The summed E-state index contributed by atoms with van der Waals surface area (Å²) in [6, 6.07) is 11.4. The summed E-state index contributed by atoms with van der Waals surface area (Å²) in [4.78, 5) is 0. The lowest BCUT2D eigenvalue weighted by atomic mass is 10.0. The first-order valence-corrected chi connectivity index (χ1v) is 7.20. The lowest BCUT2D eigenvalue weighted by Gasteiger charge is -2.05. The van der Waals surface area contributed by atoms with Crippen molar-refractivity contribution >= 4 is 33.4 Å². The van der Waals surface area contributed by atoms with Crippen LogP contribution in [0.5, 0.6) is 0 Å². The summed E-state index contributed by atoms with van der Waals surface area (Å²) in [5, 5.41) is 4.47. The van der Waals surface area contributed by atoms with Crippen molar-refractivity contribution in [2.75, 3.05) is 5.73 Å². The van der Waals surface area contributed by atoms with E-state index in [4.69, 9.17) is 21.9 Å². The van der Waals surface area contributed by atoms with Crippen LogP contribution in [0.4, 0.5) is 10.3 Å². The van der Waals surface area contributed by atoms with Crippen LogP contribution in [0.2, 0.25) is 5.02 Å². The van der Waals surface area contributed by atoms with Crippen LogP contribution in [0.3, 0.4) is 0 Å². The Labute approximate surface area is 133 Å². The molecule has 6 heteroatoms. The first-order valence-electron chi connectivity index (χ1n) is 6.03. The summed E-state index contributed by atoms with van der Waals surface area (Å²) < 4.78 is 19.4. The fourth-order valence-electron chi connectivity index (χ4n) is 2.09. The molecule has 3 aromatic rings. The van der Waals surface area contributed by atoms with E-state index in [-0.39, 0.29) is 11.7 Å². The van der Waals surface area contributed by atoms with Gasteiger partial charge in [-0.05, 0) is 35.9 Å². The minimum absolute atomic E-state index is 0.117. The van der Waals surface area contributed by atoms with Gasteiger partial charge in [-0.1, -0.05) is 44.8 Å². The number of nitrogens with zero attached hydrogens (tertiary/aromatic N) is 1. The smallest absolute Gasteiger partial charge is 0.230 e. The molecule has 3 rings (SSSR count). The Morgan fingerprint density at radius 2 is 2.00 bits per heavy atom. The van der Waals surface area contributed by atoms with Crippen molar-refractivity contribution in [3.63, 3.8) is 0 Å². The van der Waals surface area contributed by atoms with Crippen LogP contribution in [0.25, 0.3) is 22.4 Å². The topological polar surface area (TPSA) is 52.0 Å². The van der Waals surface area contributed by atoms with Gasteiger partial charge in [-0.25, -0.2) is 4.39 Å². The number of rotatable bonds is 2. The Morgan fingerprint density at radius 3 is 2.76 bits per heavy atom. The highest BCUT2D eigenvalue weighted by molar-refractivity contribution is 9.10. The van der Waals surface area contributed by atoms with Crippen molar-refractivity contribution in [3.05, 3.63) is 57.8 Å². The maximum absolute atomic E-state index is 13.4. The third-order valence-electron chi connectivity index (χ3n) is 3.02.